The second-order valence-corrected chi connectivity index (χ2v) is 3.27. The molecule has 2 rings (SSSR count). The summed E-state index contributed by atoms with van der Waals surface area (Å²) in [6.07, 6.45) is 1.58. The van der Waals surface area contributed by atoms with Crippen molar-refractivity contribution in [3.8, 4) is 0 Å². The van der Waals surface area contributed by atoms with E-state index in [0.29, 0.717) is 16.7 Å². The number of fused-ring (bicyclic) bond motifs is 1. The SMILES string of the molecule is Cc1nc2ncn(C)c(=N)c2nc1C. The third-order valence-corrected chi connectivity index (χ3v) is 2.22. The van der Waals surface area contributed by atoms with Crippen LogP contribution in [-0.4, -0.2) is 19.5 Å². The lowest BCUT2D eigenvalue weighted by Gasteiger charge is -2.03. The first-order chi connectivity index (χ1) is 6.59. The standard InChI is InChI=1S/C9H11N5/c1-5-6(2)13-9-7(12-5)8(10)14(3)4-11-9/h4,10H,1-3H3. The first-order valence-corrected chi connectivity index (χ1v) is 4.31. The van der Waals surface area contributed by atoms with Gasteiger partial charge in [0, 0.05) is 7.05 Å². The molecule has 0 aliphatic heterocycles. The molecule has 0 aromatic carbocycles. The van der Waals surface area contributed by atoms with Crippen molar-refractivity contribution in [1.82, 2.24) is 19.5 Å². The van der Waals surface area contributed by atoms with Crippen LogP contribution in [0.25, 0.3) is 11.2 Å². The Kier molecular flexibility index (Phi) is 1.80. The van der Waals surface area contributed by atoms with Crippen molar-refractivity contribution in [3.63, 3.8) is 0 Å². The zero-order valence-corrected chi connectivity index (χ0v) is 8.37. The van der Waals surface area contributed by atoms with E-state index in [9.17, 15) is 0 Å². The summed E-state index contributed by atoms with van der Waals surface area (Å²) in [5.74, 6) is 0. The van der Waals surface area contributed by atoms with Gasteiger partial charge in [-0.05, 0) is 13.8 Å². The van der Waals surface area contributed by atoms with Crippen molar-refractivity contribution in [2.24, 2.45) is 7.05 Å². The van der Waals surface area contributed by atoms with Crippen LogP contribution in [0.2, 0.25) is 0 Å². The van der Waals surface area contributed by atoms with E-state index in [0.717, 1.165) is 11.4 Å². The van der Waals surface area contributed by atoms with Gasteiger partial charge in [0.2, 0.25) is 0 Å². The van der Waals surface area contributed by atoms with Gasteiger partial charge in [-0.1, -0.05) is 0 Å². The minimum absolute atomic E-state index is 0.339. The van der Waals surface area contributed by atoms with E-state index in [1.807, 2.05) is 13.8 Å². The van der Waals surface area contributed by atoms with Gasteiger partial charge in [0.05, 0.1) is 17.7 Å². The van der Waals surface area contributed by atoms with Gasteiger partial charge in [-0.25, -0.2) is 15.0 Å². The molecule has 0 fully saturated rings. The fourth-order valence-corrected chi connectivity index (χ4v) is 1.21. The molecule has 5 nitrogen and oxygen atoms in total. The molecule has 0 amide bonds. The summed E-state index contributed by atoms with van der Waals surface area (Å²) >= 11 is 0. The normalized spacial score (nSPS) is 10.8. The van der Waals surface area contributed by atoms with Crippen LogP contribution in [0.15, 0.2) is 6.33 Å². The Morgan fingerprint density at radius 3 is 2.57 bits per heavy atom. The van der Waals surface area contributed by atoms with Crippen LogP contribution in [0.3, 0.4) is 0 Å². The maximum atomic E-state index is 7.78. The molecule has 72 valence electrons. The smallest absolute Gasteiger partial charge is 0.183 e. The maximum absolute atomic E-state index is 7.78. The van der Waals surface area contributed by atoms with Crippen LogP contribution >= 0.6 is 0 Å². The third kappa shape index (κ3) is 1.17. The summed E-state index contributed by atoms with van der Waals surface area (Å²) in [5.41, 5.74) is 3.14. The quantitative estimate of drug-likeness (QED) is 0.654. The molecule has 0 aliphatic carbocycles. The molecule has 14 heavy (non-hydrogen) atoms. The number of hydrogen-bond donors (Lipinski definition) is 1. The summed E-state index contributed by atoms with van der Waals surface area (Å²) < 4.78 is 1.62. The monoisotopic (exact) mass is 189 g/mol. The molecule has 5 heteroatoms. The van der Waals surface area contributed by atoms with E-state index >= 15 is 0 Å². The summed E-state index contributed by atoms with van der Waals surface area (Å²) in [7, 11) is 1.77. The highest BCUT2D eigenvalue weighted by Crippen LogP contribution is 2.04. The molecule has 1 N–H and O–H groups in total. The molecule has 2 aromatic rings. The van der Waals surface area contributed by atoms with E-state index in [1.54, 1.807) is 17.9 Å². The van der Waals surface area contributed by atoms with E-state index in [2.05, 4.69) is 15.0 Å². The Hall–Kier alpha value is -1.78. The van der Waals surface area contributed by atoms with Crippen LogP contribution in [0.1, 0.15) is 11.4 Å². The average molecular weight is 189 g/mol. The topological polar surface area (TPSA) is 67.5 Å². The molecule has 0 saturated carbocycles. The summed E-state index contributed by atoms with van der Waals surface area (Å²) in [6.45, 7) is 3.77. The number of nitrogens with zero attached hydrogens (tertiary/aromatic N) is 4. The molecule has 0 unspecified atom stereocenters. The number of nitrogens with one attached hydrogen (secondary N) is 1. The lowest BCUT2D eigenvalue weighted by atomic mass is 10.3. The summed E-state index contributed by atoms with van der Waals surface area (Å²) in [5, 5.41) is 7.78. The average Bonchev–Trinajstić information content (AvgIpc) is 2.15. The fourth-order valence-electron chi connectivity index (χ4n) is 1.21. The zero-order chi connectivity index (χ0) is 10.3. The number of rotatable bonds is 0. The van der Waals surface area contributed by atoms with Crippen LogP contribution in [0, 0.1) is 19.3 Å². The molecular weight excluding hydrogens is 178 g/mol. The van der Waals surface area contributed by atoms with Crippen molar-refractivity contribution in [1.29, 1.82) is 5.41 Å². The van der Waals surface area contributed by atoms with Crippen molar-refractivity contribution in [2.75, 3.05) is 0 Å². The first-order valence-electron chi connectivity index (χ1n) is 4.31. The van der Waals surface area contributed by atoms with Gasteiger partial charge in [0.25, 0.3) is 0 Å². The van der Waals surface area contributed by atoms with Crippen LogP contribution in [0.4, 0.5) is 0 Å². The Bertz CT molecular complexity index is 555. The third-order valence-electron chi connectivity index (χ3n) is 2.22. The van der Waals surface area contributed by atoms with Crippen molar-refractivity contribution in [2.45, 2.75) is 13.8 Å². The van der Waals surface area contributed by atoms with E-state index in [1.165, 1.54) is 0 Å². The highest BCUT2D eigenvalue weighted by Gasteiger charge is 2.04. The Balaban J connectivity index is 2.97. The Morgan fingerprint density at radius 1 is 1.21 bits per heavy atom. The molecular formula is C9H11N5. The second-order valence-electron chi connectivity index (χ2n) is 3.27. The van der Waals surface area contributed by atoms with Gasteiger partial charge < -0.3 is 4.57 Å². The van der Waals surface area contributed by atoms with E-state index < -0.39 is 0 Å². The highest BCUT2D eigenvalue weighted by atomic mass is 15.1. The Morgan fingerprint density at radius 2 is 1.86 bits per heavy atom. The summed E-state index contributed by atoms with van der Waals surface area (Å²) in [6, 6.07) is 0. The number of hydrogen-bond acceptors (Lipinski definition) is 4. The van der Waals surface area contributed by atoms with Gasteiger partial charge >= 0.3 is 0 Å². The van der Waals surface area contributed by atoms with Crippen molar-refractivity contribution < 1.29 is 0 Å². The minimum atomic E-state index is 0.339. The predicted molar refractivity (Wildman–Crippen MR) is 51.6 cm³/mol. The lowest BCUT2D eigenvalue weighted by molar-refractivity contribution is 0.795. The first kappa shape index (κ1) is 8.80. The minimum Gasteiger partial charge on any atom is -0.319 e. The van der Waals surface area contributed by atoms with Crippen molar-refractivity contribution in [3.05, 3.63) is 23.2 Å². The van der Waals surface area contributed by atoms with Crippen LogP contribution < -0.4 is 5.49 Å². The van der Waals surface area contributed by atoms with E-state index in [4.69, 9.17) is 5.41 Å². The number of aryl methyl sites for hydroxylation is 3. The largest absolute Gasteiger partial charge is 0.319 e. The van der Waals surface area contributed by atoms with Gasteiger partial charge in [-0.2, -0.15) is 0 Å². The molecule has 0 bridgehead atoms. The van der Waals surface area contributed by atoms with E-state index in [-0.39, 0.29) is 0 Å². The molecule has 2 heterocycles. The van der Waals surface area contributed by atoms with Gasteiger partial charge in [0.1, 0.15) is 0 Å². The predicted octanol–water partition coefficient (Wildman–Crippen LogP) is 0.460. The van der Waals surface area contributed by atoms with Crippen LogP contribution in [-0.2, 0) is 7.05 Å². The van der Waals surface area contributed by atoms with Crippen LogP contribution in [0.5, 0.6) is 0 Å². The van der Waals surface area contributed by atoms with Crippen molar-refractivity contribution >= 4 is 11.2 Å². The molecule has 0 atom stereocenters. The maximum Gasteiger partial charge on any atom is 0.183 e. The summed E-state index contributed by atoms with van der Waals surface area (Å²) in [4.78, 5) is 12.7. The van der Waals surface area contributed by atoms with Gasteiger partial charge in [0.15, 0.2) is 16.7 Å². The lowest BCUT2D eigenvalue weighted by Crippen LogP contribution is -2.19. The molecule has 0 spiro atoms. The molecule has 0 aliphatic rings. The fraction of sp³-hybridized carbons (Fsp3) is 0.333. The van der Waals surface area contributed by atoms with Gasteiger partial charge in [-0.3, -0.25) is 5.41 Å². The molecule has 0 radical (unpaired) electrons. The Labute approximate surface area is 81.0 Å². The van der Waals surface area contributed by atoms with Gasteiger partial charge in [-0.15, -0.1) is 0 Å². The zero-order valence-electron chi connectivity index (χ0n) is 8.37. The second kappa shape index (κ2) is 2.87. The highest BCUT2D eigenvalue weighted by molar-refractivity contribution is 5.67. The number of aromatic nitrogens is 4. The molecule has 0 saturated heterocycles. The molecule has 2 aromatic heterocycles.